The average Bonchev–Trinajstić information content (AvgIpc) is 3.16. The Kier molecular flexibility index (Phi) is 8.28. The van der Waals surface area contributed by atoms with Gasteiger partial charge in [-0.3, -0.25) is 9.10 Å². The van der Waals surface area contributed by atoms with Crippen molar-refractivity contribution in [1.82, 2.24) is 9.99 Å². The molecule has 1 amide bonds. The second kappa shape index (κ2) is 11.5. The fourth-order valence-electron chi connectivity index (χ4n) is 4.60. The van der Waals surface area contributed by atoms with Crippen LogP contribution in [0.25, 0.3) is 5.69 Å². The zero-order valence-corrected chi connectivity index (χ0v) is 24.1. The first-order valence-electron chi connectivity index (χ1n) is 12.4. The van der Waals surface area contributed by atoms with Crippen LogP contribution in [0, 0.1) is 34.6 Å². The summed E-state index contributed by atoms with van der Waals surface area (Å²) < 4.78 is 30.3. The Morgan fingerprint density at radius 3 is 2.33 bits per heavy atom. The molecule has 0 radical (unpaired) electrons. The van der Waals surface area contributed by atoms with Gasteiger partial charge in [-0.15, -0.1) is 0 Å². The van der Waals surface area contributed by atoms with Crippen molar-refractivity contribution >= 4 is 39.4 Å². The molecule has 39 heavy (non-hydrogen) atoms. The lowest BCUT2D eigenvalue weighted by Gasteiger charge is -2.25. The van der Waals surface area contributed by atoms with Gasteiger partial charge in [0.15, 0.2) is 0 Å². The number of hydrazone groups is 1. The minimum atomic E-state index is -4.03. The predicted molar refractivity (Wildman–Crippen MR) is 158 cm³/mol. The van der Waals surface area contributed by atoms with E-state index in [1.54, 1.807) is 49.5 Å². The van der Waals surface area contributed by atoms with Crippen LogP contribution in [0.4, 0.5) is 5.69 Å². The van der Waals surface area contributed by atoms with Crippen molar-refractivity contribution in [2.45, 2.75) is 39.5 Å². The molecule has 3 aromatic carbocycles. The van der Waals surface area contributed by atoms with Crippen LogP contribution < -0.4 is 9.73 Å². The monoisotopic (exact) mass is 562 g/mol. The van der Waals surface area contributed by atoms with E-state index in [0.717, 1.165) is 32.5 Å². The molecule has 1 aromatic heterocycles. The summed E-state index contributed by atoms with van der Waals surface area (Å²) in [5.74, 6) is -0.580. The number of anilines is 1. The van der Waals surface area contributed by atoms with Gasteiger partial charge in [0.2, 0.25) is 0 Å². The maximum absolute atomic E-state index is 13.5. The van der Waals surface area contributed by atoms with Crippen LogP contribution in [0.1, 0.15) is 33.6 Å². The molecule has 7 nitrogen and oxygen atoms in total. The van der Waals surface area contributed by atoms with Crippen molar-refractivity contribution < 1.29 is 13.2 Å². The number of sulfonamides is 1. The Balaban J connectivity index is 1.58. The maximum atomic E-state index is 13.5. The van der Waals surface area contributed by atoms with Gasteiger partial charge in [0.05, 0.1) is 16.8 Å². The second-order valence-corrected chi connectivity index (χ2v) is 11.8. The minimum absolute atomic E-state index is 0.0782. The van der Waals surface area contributed by atoms with Crippen LogP contribution in [0.15, 0.2) is 82.8 Å². The summed E-state index contributed by atoms with van der Waals surface area (Å²) >= 11 is 6.10. The third-order valence-electron chi connectivity index (χ3n) is 6.50. The molecule has 0 unspecified atom stereocenters. The fourth-order valence-corrected chi connectivity index (χ4v) is 6.34. The van der Waals surface area contributed by atoms with Crippen molar-refractivity contribution in [3.8, 4) is 5.69 Å². The Bertz CT molecular complexity index is 1660. The molecule has 4 rings (SSSR count). The van der Waals surface area contributed by atoms with E-state index in [4.69, 9.17) is 11.6 Å². The van der Waals surface area contributed by atoms with Crippen LogP contribution in [-0.4, -0.2) is 31.7 Å². The topological polar surface area (TPSA) is 83.8 Å². The Morgan fingerprint density at radius 1 is 0.949 bits per heavy atom. The third kappa shape index (κ3) is 6.08. The number of aromatic nitrogens is 1. The van der Waals surface area contributed by atoms with Gasteiger partial charge in [-0.05, 0) is 88.2 Å². The van der Waals surface area contributed by atoms with Crippen LogP contribution in [0.5, 0.6) is 0 Å². The van der Waals surface area contributed by atoms with Crippen molar-refractivity contribution in [3.63, 3.8) is 0 Å². The summed E-state index contributed by atoms with van der Waals surface area (Å²) in [6.07, 6.45) is 1.57. The first kappa shape index (κ1) is 28.1. The van der Waals surface area contributed by atoms with Gasteiger partial charge in [-0.25, -0.2) is 13.8 Å². The number of halogens is 1. The summed E-state index contributed by atoms with van der Waals surface area (Å²) in [6.45, 7) is 9.44. The summed E-state index contributed by atoms with van der Waals surface area (Å²) in [5, 5.41) is 4.62. The molecule has 0 saturated carbocycles. The first-order valence-corrected chi connectivity index (χ1v) is 14.2. The van der Waals surface area contributed by atoms with Crippen LogP contribution in [-0.2, 0) is 14.8 Å². The molecule has 0 atom stereocenters. The van der Waals surface area contributed by atoms with E-state index in [1.165, 1.54) is 17.7 Å². The number of amides is 1. The molecule has 0 spiro atoms. The zero-order chi connectivity index (χ0) is 28.3. The van der Waals surface area contributed by atoms with Crippen LogP contribution >= 0.6 is 11.6 Å². The van der Waals surface area contributed by atoms with E-state index in [1.807, 2.05) is 19.9 Å². The molecule has 1 N–H and O–H groups in total. The van der Waals surface area contributed by atoms with Crippen molar-refractivity contribution in [3.05, 3.63) is 111 Å². The molecule has 202 valence electrons. The van der Waals surface area contributed by atoms with Crippen molar-refractivity contribution in [2.24, 2.45) is 5.10 Å². The van der Waals surface area contributed by atoms with Gasteiger partial charge in [0.25, 0.3) is 15.9 Å². The molecule has 9 heteroatoms. The largest absolute Gasteiger partial charge is 0.318 e. The lowest BCUT2D eigenvalue weighted by atomic mass is 10.1. The second-order valence-electron chi connectivity index (χ2n) is 9.50. The first-order chi connectivity index (χ1) is 18.5. The number of nitrogens with one attached hydrogen (secondary N) is 1. The van der Waals surface area contributed by atoms with Crippen LogP contribution in [0.2, 0.25) is 5.02 Å². The molecule has 0 saturated heterocycles. The number of hydrogen-bond acceptors (Lipinski definition) is 4. The molecule has 1 heterocycles. The third-order valence-corrected chi connectivity index (χ3v) is 8.51. The van der Waals surface area contributed by atoms with Gasteiger partial charge in [0.1, 0.15) is 6.54 Å². The molecule has 0 fully saturated rings. The van der Waals surface area contributed by atoms with E-state index in [2.05, 4.69) is 47.1 Å². The van der Waals surface area contributed by atoms with Crippen LogP contribution in [0.3, 0.4) is 0 Å². The molecule has 0 bridgehead atoms. The standard InChI is InChI=1S/C30H31ClN4O3S/c1-20-11-13-29(21(2)15-20)35-23(4)17-25(24(35)5)18-32-33-30(36)19-34(28-14-12-26(31)16-22(28)3)39(37,38)27-9-7-6-8-10-27/h6-18H,19H2,1-5H3,(H,33,36)/b32-18-. The van der Waals surface area contributed by atoms with E-state index in [0.29, 0.717) is 16.3 Å². The lowest BCUT2D eigenvalue weighted by molar-refractivity contribution is -0.119. The smallest absolute Gasteiger partial charge is 0.264 e. The summed E-state index contributed by atoms with van der Waals surface area (Å²) in [4.78, 5) is 13.0. The number of carbonyl (C=O) groups is 1. The molecular formula is C30H31ClN4O3S. The van der Waals surface area contributed by atoms with E-state index >= 15 is 0 Å². The Hall–Kier alpha value is -3.88. The highest BCUT2D eigenvalue weighted by molar-refractivity contribution is 7.92. The van der Waals surface area contributed by atoms with Crippen molar-refractivity contribution in [1.29, 1.82) is 0 Å². The summed E-state index contributed by atoms with van der Waals surface area (Å²) in [6, 6.07) is 21.1. The highest BCUT2D eigenvalue weighted by Crippen LogP contribution is 2.29. The van der Waals surface area contributed by atoms with E-state index < -0.39 is 22.5 Å². The predicted octanol–water partition coefficient (Wildman–Crippen LogP) is 6.02. The highest BCUT2D eigenvalue weighted by Gasteiger charge is 2.28. The Morgan fingerprint density at radius 2 is 1.67 bits per heavy atom. The van der Waals surface area contributed by atoms with Gasteiger partial charge >= 0.3 is 0 Å². The molecule has 0 aliphatic carbocycles. The summed E-state index contributed by atoms with van der Waals surface area (Å²) in [7, 11) is -4.03. The Labute approximate surface area is 234 Å². The van der Waals surface area contributed by atoms with Gasteiger partial charge < -0.3 is 4.57 Å². The number of carbonyl (C=O) groups excluding carboxylic acids is 1. The number of hydrogen-bond donors (Lipinski definition) is 1. The quantitative estimate of drug-likeness (QED) is 0.210. The number of aryl methyl sites for hydroxylation is 4. The fraction of sp³-hybridized carbons (Fsp3) is 0.200. The van der Waals surface area contributed by atoms with E-state index in [9.17, 15) is 13.2 Å². The average molecular weight is 563 g/mol. The van der Waals surface area contributed by atoms with Gasteiger partial charge in [-0.2, -0.15) is 5.10 Å². The lowest BCUT2D eigenvalue weighted by Crippen LogP contribution is -2.40. The maximum Gasteiger partial charge on any atom is 0.264 e. The van der Waals surface area contributed by atoms with E-state index in [-0.39, 0.29) is 4.90 Å². The number of nitrogens with zero attached hydrogens (tertiary/aromatic N) is 3. The van der Waals surface area contributed by atoms with Gasteiger partial charge in [0, 0.05) is 27.7 Å². The normalized spacial score (nSPS) is 11.6. The SMILES string of the molecule is Cc1ccc(-n2c(C)cc(/C=N\NC(=O)CN(c3ccc(Cl)cc3C)S(=O)(=O)c3ccccc3)c2C)c(C)c1. The zero-order valence-electron chi connectivity index (χ0n) is 22.6. The molecule has 4 aromatic rings. The summed E-state index contributed by atoms with van der Waals surface area (Å²) in [5.41, 5.74) is 9.76. The molecular weight excluding hydrogens is 532 g/mol. The molecule has 0 aliphatic rings. The van der Waals surface area contributed by atoms with Crippen molar-refractivity contribution in [2.75, 3.05) is 10.8 Å². The number of benzene rings is 3. The molecule has 0 aliphatic heterocycles. The highest BCUT2D eigenvalue weighted by atomic mass is 35.5. The minimum Gasteiger partial charge on any atom is -0.318 e. The number of rotatable bonds is 8. The van der Waals surface area contributed by atoms with Gasteiger partial charge in [-0.1, -0.05) is 47.5 Å².